The lowest BCUT2D eigenvalue weighted by atomic mass is 10.3. The zero-order valence-electron chi connectivity index (χ0n) is 10.8. The van der Waals surface area contributed by atoms with E-state index < -0.39 is 10.0 Å². The second-order valence-electron chi connectivity index (χ2n) is 4.13. The van der Waals surface area contributed by atoms with Gasteiger partial charge in [-0.05, 0) is 52.1 Å². The van der Waals surface area contributed by atoms with E-state index in [2.05, 4.69) is 26.0 Å². The van der Waals surface area contributed by atoms with Crippen LogP contribution >= 0.6 is 50.5 Å². The van der Waals surface area contributed by atoms with Crippen LogP contribution in [0.2, 0.25) is 10.0 Å². The van der Waals surface area contributed by atoms with Crippen LogP contribution in [0.1, 0.15) is 5.56 Å². The minimum absolute atomic E-state index is 0.154. The first-order chi connectivity index (χ1) is 9.85. The molecule has 1 aromatic carbocycles. The lowest BCUT2D eigenvalue weighted by molar-refractivity contribution is 0.603. The van der Waals surface area contributed by atoms with Crippen LogP contribution in [0.3, 0.4) is 0 Å². The van der Waals surface area contributed by atoms with Crippen molar-refractivity contribution in [3.8, 4) is 0 Å². The van der Waals surface area contributed by atoms with Crippen molar-refractivity contribution in [1.82, 2.24) is 5.32 Å². The largest absolute Gasteiger partial charge is 0.316 e. The molecule has 0 aliphatic carbocycles. The van der Waals surface area contributed by atoms with E-state index in [0.29, 0.717) is 11.0 Å². The van der Waals surface area contributed by atoms with Gasteiger partial charge >= 0.3 is 0 Å². The fourth-order valence-corrected chi connectivity index (χ4v) is 4.75. The summed E-state index contributed by atoms with van der Waals surface area (Å²) in [5, 5.41) is 5.18. The number of thiophene rings is 1. The first kappa shape index (κ1) is 17.1. The predicted octanol–water partition coefficient (Wildman–Crippen LogP) is 4.34. The highest BCUT2D eigenvalue weighted by atomic mass is 79.9. The molecule has 0 aliphatic rings. The Hall–Kier alpha value is -0.310. The number of benzene rings is 1. The Kier molecular flexibility index (Phi) is 5.56. The standard InChI is InChI=1S/C12H11BrCl2N2O2S2/c1-16-5-7-4-10(20-6-7)21(18,19)17-9-3-2-8(13)11(14)12(9)15/h2-4,6,16-17H,5H2,1H3. The van der Waals surface area contributed by atoms with E-state index >= 15 is 0 Å². The van der Waals surface area contributed by atoms with Crippen LogP contribution in [0.5, 0.6) is 0 Å². The van der Waals surface area contributed by atoms with Gasteiger partial charge in [0.1, 0.15) is 4.21 Å². The Morgan fingerprint density at radius 1 is 1.29 bits per heavy atom. The molecule has 0 saturated heterocycles. The van der Waals surface area contributed by atoms with Crippen molar-refractivity contribution in [3.63, 3.8) is 0 Å². The smallest absolute Gasteiger partial charge is 0.271 e. The van der Waals surface area contributed by atoms with E-state index in [0.717, 1.165) is 16.9 Å². The summed E-state index contributed by atoms with van der Waals surface area (Å²) >= 11 is 16.4. The molecule has 0 bridgehead atoms. The first-order valence-corrected chi connectivity index (χ1v) is 9.64. The molecule has 1 heterocycles. The number of anilines is 1. The van der Waals surface area contributed by atoms with Crippen LogP contribution in [-0.4, -0.2) is 15.5 Å². The van der Waals surface area contributed by atoms with E-state index in [-0.39, 0.29) is 19.9 Å². The average Bonchev–Trinajstić information content (AvgIpc) is 2.89. The van der Waals surface area contributed by atoms with Crippen LogP contribution in [0.25, 0.3) is 0 Å². The zero-order chi connectivity index (χ0) is 15.6. The molecule has 0 saturated carbocycles. The monoisotopic (exact) mass is 428 g/mol. The Bertz CT molecular complexity index is 763. The van der Waals surface area contributed by atoms with Gasteiger partial charge in [0.2, 0.25) is 0 Å². The number of rotatable bonds is 5. The second-order valence-corrected chi connectivity index (χ2v) is 8.56. The number of hydrogen-bond acceptors (Lipinski definition) is 4. The van der Waals surface area contributed by atoms with Crippen molar-refractivity contribution in [1.29, 1.82) is 0 Å². The Labute approximate surface area is 145 Å². The van der Waals surface area contributed by atoms with Crippen molar-refractivity contribution in [2.45, 2.75) is 10.8 Å². The minimum atomic E-state index is -3.68. The third kappa shape index (κ3) is 3.91. The van der Waals surface area contributed by atoms with Crippen molar-refractivity contribution in [3.05, 3.63) is 43.7 Å². The van der Waals surface area contributed by atoms with Crippen molar-refractivity contribution in [2.75, 3.05) is 11.8 Å². The van der Waals surface area contributed by atoms with Crippen molar-refractivity contribution < 1.29 is 8.42 Å². The zero-order valence-corrected chi connectivity index (χ0v) is 15.5. The van der Waals surface area contributed by atoms with E-state index in [1.807, 2.05) is 0 Å². The van der Waals surface area contributed by atoms with Crippen LogP contribution < -0.4 is 10.0 Å². The van der Waals surface area contributed by atoms with Gasteiger partial charge in [-0.2, -0.15) is 0 Å². The maximum absolute atomic E-state index is 12.3. The summed E-state index contributed by atoms with van der Waals surface area (Å²) in [5.74, 6) is 0. The predicted molar refractivity (Wildman–Crippen MR) is 92.1 cm³/mol. The summed E-state index contributed by atoms with van der Waals surface area (Å²) < 4.78 is 27.9. The number of halogens is 3. The summed E-state index contributed by atoms with van der Waals surface area (Å²) in [4.78, 5) is 0. The molecule has 21 heavy (non-hydrogen) atoms. The highest BCUT2D eigenvalue weighted by Crippen LogP contribution is 2.37. The summed E-state index contributed by atoms with van der Waals surface area (Å²) in [6, 6.07) is 4.81. The lowest BCUT2D eigenvalue weighted by Gasteiger charge is -2.10. The third-order valence-corrected chi connectivity index (χ3v) is 7.18. The van der Waals surface area contributed by atoms with E-state index in [1.54, 1.807) is 30.6 Å². The highest BCUT2D eigenvalue weighted by molar-refractivity contribution is 9.10. The number of hydrogen-bond donors (Lipinski definition) is 2. The van der Waals surface area contributed by atoms with E-state index in [4.69, 9.17) is 23.2 Å². The van der Waals surface area contributed by atoms with Crippen molar-refractivity contribution >= 4 is 66.2 Å². The van der Waals surface area contributed by atoms with Crippen LogP contribution in [0.15, 0.2) is 32.3 Å². The number of sulfonamides is 1. The van der Waals surface area contributed by atoms with Gasteiger partial charge in [-0.1, -0.05) is 23.2 Å². The molecule has 1 aromatic heterocycles. The van der Waals surface area contributed by atoms with Crippen LogP contribution in [-0.2, 0) is 16.6 Å². The Morgan fingerprint density at radius 2 is 2.00 bits per heavy atom. The molecular weight excluding hydrogens is 419 g/mol. The molecule has 0 spiro atoms. The molecular formula is C12H11BrCl2N2O2S2. The molecule has 2 rings (SSSR count). The van der Waals surface area contributed by atoms with E-state index in [9.17, 15) is 8.42 Å². The van der Waals surface area contributed by atoms with Gasteiger partial charge in [-0.3, -0.25) is 4.72 Å². The summed E-state index contributed by atoms with van der Waals surface area (Å²) in [5.41, 5.74) is 1.15. The normalized spacial score (nSPS) is 11.6. The fraction of sp³-hybridized carbons (Fsp3) is 0.167. The molecule has 4 nitrogen and oxygen atoms in total. The first-order valence-electron chi connectivity index (χ1n) is 5.73. The minimum Gasteiger partial charge on any atom is -0.316 e. The number of nitrogens with one attached hydrogen (secondary N) is 2. The molecule has 0 atom stereocenters. The Morgan fingerprint density at radius 3 is 2.67 bits per heavy atom. The summed E-state index contributed by atoms with van der Waals surface area (Å²) in [6.07, 6.45) is 0. The highest BCUT2D eigenvalue weighted by Gasteiger charge is 2.19. The molecule has 0 fully saturated rings. The average molecular weight is 430 g/mol. The van der Waals surface area contributed by atoms with Gasteiger partial charge in [0.25, 0.3) is 10.0 Å². The second kappa shape index (κ2) is 6.85. The van der Waals surface area contributed by atoms with Gasteiger partial charge in [0.15, 0.2) is 0 Å². The van der Waals surface area contributed by atoms with Crippen molar-refractivity contribution in [2.24, 2.45) is 0 Å². The van der Waals surface area contributed by atoms with Crippen LogP contribution in [0.4, 0.5) is 5.69 Å². The van der Waals surface area contributed by atoms with Gasteiger partial charge < -0.3 is 5.32 Å². The van der Waals surface area contributed by atoms with Crippen LogP contribution in [0, 0.1) is 0 Å². The fourth-order valence-electron chi connectivity index (χ4n) is 1.59. The van der Waals surface area contributed by atoms with Gasteiger partial charge in [-0.25, -0.2) is 8.42 Å². The summed E-state index contributed by atoms with van der Waals surface area (Å²) in [6.45, 7) is 0.608. The lowest BCUT2D eigenvalue weighted by Crippen LogP contribution is -2.12. The quantitative estimate of drug-likeness (QED) is 0.695. The molecule has 0 amide bonds. The Balaban J connectivity index is 2.31. The molecule has 0 unspecified atom stereocenters. The van der Waals surface area contributed by atoms with E-state index in [1.165, 1.54) is 0 Å². The summed E-state index contributed by atoms with van der Waals surface area (Å²) in [7, 11) is -1.88. The molecule has 114 valence electrons. The molecule has 9 heteroatoms. The molecule has 2 aromatic rings. The topological polar surface area (TPSA) is 58.2 Å². The maximum atomic E-state index is 12.3. The van der Waals surface area contributed by atoms with Gasteiger partial charge in [0, 0.05) is 11.0 Å². The third-order valence-electron chi connectivity index (χ3n) is 2.55. The SMILES string of the molecule is CNCc1csc(S(=O)(=O)Nc2ccc(Br)c(Cl)c2Cl)c1. The van der Waals surface area contributed by atoms with Gasteiger partial charge in [-0.15, -0.1) is 11.3 Å². The molecule has 0 radical (unpaired) electrons. The van der Waals surface area contributed by atoms with Gasteiger partial charge in [0.05, 0.1) is 15.7 Å². The molecule has 2 N–H and O–H groups in total. The maximum Gasteiger partial charge on any atom is 0.271 e. The molecule has 0 aliphatic heterocycles.